The normalized spacial score (nSPS) is 21.3. The Hall–Kier alpha value is -1.56. The number of carboxylic acid groups (broad SMARTS) is 1. The Kier molecular flexibility index (Phi) is 5.04. The van der Waals surface area contributed by atoms with Crippen LogP contribution >= 0.6 is 15.9 Å². The van der Waals surface area contributed by atoms with Crippen LogP contribution in [-0.4, -0.2) is 40.8 Å². The predicted molar refractivity (Wildman–Crippen MR) is 90.6 cm³/mol. The van der Waals surface area contributed by atoms with Gasteiger partial charge in [0.1, 0.15) is 5.60 Å². The van der Waals surface area contributed by atoms with E-state index in [1.165, 1.54) is 4.90 Å². The van der Waals surface area contributed by atoms with Gasteiger partial charge in [-0.25, -0.2) is 4.79 Å². The van der Waals surface area contributed by atoms with Crippen molar-refractivity contribution in [2.24, 2.45) is 5.92 Å². The van der Waals surface area contributed by atoms with Gasteiger partial charge in [-0.3, -0.25) is 4.79 Å². The maximum Gasteiger partial charge on any atom is 0.410 e. The molecule has 0 unspecified atom stereocenters. The maximum absolute atomic E-state index is 12.2. The molecule has 1 aliphatic heterocycles. The summed E-state index contributed by atoms with van der Waals surface area (Å²) >= 11 is 3.42. The van der Waals surface area contributed by atoms with Gasteiger partial charge < -0.3 is 14.7 Å². The lowest BCUT2D eigenvalue weighted by Crippen LogP contribution is -2.35. The molecule has 0 aliphatic carbocycles. The zero-order chi connectivity index (χ0) is 17.4. The Bertz CT molecular complexity index is 624. The molecule has 0 aromatic heterocycles. The third-order valence-electron chi connectivity index (χ3n) is 3.92. The quantitative estimate of drug-likeness (QED) is 0.843. The van der Waals surface area contributed by atoms with Gasteiger partial charge in [0.2, 0.25) is 0 Å². The van der Waals surface area contributed by atoms with E-state index in [0.29, 0.717) is 6.54 Å². The molecule has 1 aliphatic rings. The number of benzene rings is 1. The highest BCUT2D eigenvalue weighted by atomic mass is 79.9. The van der Waals surface area contributed by atoms with Crippen LogP contribution in [-0.2, 0) is 9.53 Å². The highest BCUT2D eigenvalue weighted by Gasteiger charge is 2.42. The molecule has 1 N–H and O–H groups in total. The van der Waals surface area contributed by atoms with Crippen LogP contribution in [0.25, 0.3) is 0 Å². The van der Waals surface area contributed by atoms with Crippen molar-refractivity contribution in [3.8, 4) is 0 Å². The van der Waals surface area contributed by atoms with Crippen LogP contribution in [0.5, 0.6) is 0 Å². The van der Waals surface area contributed by atoms with E-state index in [2.05, 4.69) is 15.9 Å². The van der Waals surface area contributed by atoms with Crippen molar-refractivity contribution in [1.82, 2.24) is 4.90 Å². The lowest BCUT2D eigenvalue weighted by Gasteiger charge is -2.24. The first-order valence-corrected chi connectivity index (χ1v) is 8.34. The molecule has 1 saturated heterocycles. The van der Waals surface area contributed by atoms with Crippen LogP contribution in [0.1, 0.15) is 37.8 Å². The second-order valence-electron chi connectivity index (χ2n) is 6.94. The Labute approximate surface area is 144 Å². The Morgan fingerprint density at radius 3 is 2.48 bits per heavy atom. The van der Waals surface area contributed by atoms with Gasteiger partial charge in [0.15, 0.2) is 0 Å². The largest absolute Gasteiger partial charge is 0.481 e. The molecular formula is C17H22BrNO4. The molecule has 1 fully saturated rings. The highest BCUT2D eigenvalue weighted by Crippen LogP contribution is 2.36. The average Bonchev–Trinajstić information content (AvgIpc) is 2.81. The SMILES string of the molecule is Cc1cc(Br)ccc1[C@@H]1CN(C(=O)OC(C)(C)C)C[C@H]1C(=O)O. The summed E-state index contributed by atoms with van der Waals surface area (Å²) in [5.74, 6) is -1.74. The number of aliphatic carboxylic acids is 1. The molecule has 23 heavy (non-hydrogen) atoms. The minimum Gasteiger partial charge on any atom is -0.481 e. The van der Waals surface area contributed by atoms with Gasteiger partial charge in [-0.15, -0.1) is 0 Å². The van der Waals surface area contributed by atoms with Crippen molar-refractivity contribution < 1.29 is 19.4 Å². The molecular weight excluding hydrogens is 362 g/mol. The molecule has 126 valence electrons. The molecule has 1 amide bonds. The second kappa shape index (κ2) is 6.51. The number of likely N-dealkylation sites (tertiary alicyclic amines) is 1. The van der Waals surface area contributed by atoms with Gasteiger partial charge in [0.25, 0.3) is 0 Å². The molecule has 1 aromatic rings. The van der Waals surface area contributed by atoms with E-state index in [1.807, 2.05) is 25.1 Å². The van der Waals surface area contributed by atoms with Crippen molar-refractivity contribution in [2.45, 2.75) is 39.2 Å². The van der Waals surface area contributed by atoms with Gasteiger partial charge in [0.05, 0.1) is 5.92 Å². The summed E-state index contributed by atoms with van der Waals surface area (Å²) in [5, 5.41) is 9.53. The maximum atomic E-state index is 12.2. The molecule has 1 aromatic carbocycles. The summed E-state index contributed by atoms with van der Waals surface area (Å²) in [5.41, 5.74) is 1.38. The van der Waals surface area contributed by atoms with Gasteiger partial charge >= 0.3 is 12.1 Å². The first-order chi connectivity index (χ1) is 10.6. The number of ether oxygens (including phenoxy) is 1. The van der Waals surface area contributed by atoms with Crippen LogP contribution in [0.15, 0.2) is 22.7 Å². The summed E-state index contributed by atoms with van der Waals surface area (Å²) in [6, 6.07) is 5.79. The molecule has 0 saturated carbocycles. The van der Waals surface area contributed by atoms with E-state index < -0.39 is 23.6 Å². The number of nitrogens with zero attached hydrogens (tertiary/aromatic N) is 1. The van der Waals surface area contributed by atoms with Crippen molar-refractivity contribution in [3.05, 3.63) is 33.8 Å². The van der Waals surface area contributed by atoms with Crippen LogP contribution in [0, 0.1) is 12.8 Å². The molecule has 1 heterocycles. The molecule has 0 bridgehead atoms. The Morgan fingerprint density at radius 2 is 1.96 bits per heavy atom. The minimum atomic E-state index is -0.886. The number of aryl methyl sites for hydroxylation is 1. The van der Waals surface area contributed by atoms with E-state index in [4.69, 9.17) is 4.74 Å². The topological polar surface area (TPSA) is 66.8 Å². The van der Waals surface area contributed by atoms with Crippen molar-refractivity contribution in [3.63, 3.8) is 0 Å². The number of rotatable bonds is 2. The van der Waals surface area contributed by atoms with Crippen LogP contribution in [0.2, 0.25) is 0 Å². The zero-order valence-electron chi connectivity index (χ0n) is 13.8. The van der Waals surface area contributed by atoms with Crippen molar-refractivity contribution >= 4 is 28.0 Å². The van der Waals surface area contributed by atoms with E-state index in [9.17, 15) is 14.7 Å². The van der Waals surface area contributed by atoms with Gasteiger partial charge in [-0.1, -0.05) is 22.0 Å². The van der Waals surface area contributed by atoms with E-state index in [-0.39, 0.29) is 12.5 Å². The Morgan fingerprint density at radius 1 is 1.30 bits per heavy atom. The number of amides is 1. The monoisotopic (exact) mass is 383 g/mol. The fourth-order valence-electron chi connectivity index (χ4n) is 2.90. The van der Waals surface area contributed by atoms with E-state index >= 15 is 0 Å². The number of hydrogen-bond acceptors (Lipinski definition) is 3. The first kappa shape index (κ1) is 17.8. The predicted octanol–water partition coefficient (Wildman–Crippen LogP) is 3.79. The third-order valence-corrected chi connectivity index (χ3v) is 4.41. The van der Waals surface area contributed by atoms with Crippen LogP contribution in [0.4, 0.5) is 4.79 Å². The van der Waals surface area contributed by atoms with Gasteiger partial charge in [0, 0.05) is 23.5 Å². The zero-order valence-corrected chi connectivity index (χ0v) is 15.4. The summed E-state index contributed by atoms with van der Waals surface area (Å²) < 4.78 is 6.32. The molecule has 0 spiro atoms. The molecule has 6 heteroatoms. The van der Waals surface area contributed by atoms with Crippen molar-refractivity contribution in [2.75, 3.05) is 13.1 Å². The fraction of sp³-hybridized carbons (Fsp3) is 0.529. The third kappa shape index (κ3) is 4.25. The van der Waals surface area contributed by atoms with Crippen LogP contribution in [0.3, 0.4) is 0 Å². The van der Waals surface area contributed by atoms with Gasteiger partial charge in [-0.2, -0.15) is 0 Å². The summed E-state index contributed by atoms with van der Waals surface area (Å²) in [6.07, 6.45) is -0.457. The van der Waals surface area contributed by atoms with Crippen molar-refractivity contribution in [1.29, 1.82) is 0 Å². The summed E-state index contributed by atoms with van der Waals surface area (Å²) in [4.78, 5) is 25.4. The summed E-state index contributed by atoms with van der Waals surface area (Å²) in [6.45, 7) is 7.87. The lowest BCUT2D eigenvalue weighted by atomic mass is 9.86. The minimum absolute atomic E-state index is 0.171. The van der Waals surface area contributed by atoms with Crippen LogP contribution < -0.4 is 0 Å². The number of carbonyl (C=O) groups excluding carboxylic acids is 1. The summed E-state index contributed by atoms with van der Waals surface area (Å²) in [7, 11) is 0. The average molecular weight is 384 g/mol. The molecule has 5 nitrogen and oxygen atoms in total. The van der Waals surface area contributed by atoms with E-state index in [1.54, 1.807) is 20.8 Å². The standard InChI is InChI=1S/C17H22BrNO4/c1-10-7-11(18)5-6-12(10)13-8-19(9-14(13)15(20)21)16(22)23-17(2,3)4/h5-7,13-14H,8-9H2,1-4H3,(H,20,21)/t13-,14+/m0/s1. The number of carboxylic acids is 1. The highest BCUT2D eigenvalue weighted by molar-refractivity contribution is 9.10. The lowest BCUT2D eigenvalue weighted by molar-refractivity contribution is -0.141. The second-order valence-corrected chi connectivity index (χ2v) is 7.85. The fourth-order valence-corrected chi connectivity index (χ4v) is 3.38. The molecule has 2 atom stereocenters. The molecule has 0 radical (unpaired) electrons. The number of carbonyl (C=O) groups is 2. The van der Waals surface area contributed by atoms with Gasteiger partial charge in [-0.05, 0) is 51.0 Å². The number of halogens is 1. The first-order valence-electron chi connectivity index (χ1n) is 7.55. The van der Waals surface area contributed by atoms with E-state index in [0.717, 1.165) is 15.6 Å². The smallest absolute Gasteiger partial charge is 0.410 e. The molecule has 2 rings (SSSR count). The Balaban J connectivity index is 2.25. The number of hydrogen-bond donors (Lipinski definition) is 1.